The van der Waals surface area contributed by atoms with Gasteiger partial charge in [0.05, 0.1) is 26.6 Å². The van der Waals surface area contributed by atoms with Crippen molar-refractivity contribution in [2.24, 2.45) is 0 Å². The van der Waals surface area contributed by atoms with E-state index in [9.17, 15) is 9.36 Å². The molecular weight excluding hydrogens is 351 g/mol. The molecule has 0 radical (unpaired) electrons. The standard InChI is InChI=1S/C16H19O6PS/c1-19-8-13(16(17)20-2)14-10-24-15-6-5-11(7-12(14)15)9-23(18,21-3)22-4/h5-8,10H,9H2,1-4H3. The lowest BCUT2D eigenvalue weighted by Crippen LogP contribution is -2.04. The Morgan fingerprint density at radius 2 is 1.92 bits per heavy atom. The van der Waals surface area contributed by atoms with Gasteiger partial charge in [0.1, 0.15) is 5.57 Å². The molecule has 0 unspecified atom stereocenters. The van der Waals surface area contributed by atoms with Crippen LogP contribution >= 0.6 is 18.9 Å². The predicted octanol–water partition coefficient (Wildman–Crippen LogP) is 4.05. The number of carbonyl (C=O) groups is 1. The molecule has 2 aromatic rings. The molecule has 0 spiro atoms. The van der Waals surface area contributed by atoms with Crippen LogP contribution in [0.25, 0.3) is 15.7 Å². The molecule has 0 aliphatic heterocycles. The van der Waals surface area contributed by atoms with Crippen molar-refractivity contribution >= 4 is 40.6 Å². The van der Waals surface area contributed by atoms with E-state index in [1.54, 1.807) is 0 Å². The number of rotatable bonds is 7. The fourth-order valence-corrected chi connectivity index (χ4v) is 4.25. The first-order valence-corrected chi connectivity index (χ1v) is 9.61. The van der Waals surface area contributed by atoms with Gasteiger partial charge in [0, 0.05) is 35.2 Å². The fraction of sp³-hybridized carbons (Fsp3) is 0.312. The summed E-state index contributed by atoms with van der Waals surface area (Å²) in [4.78, 5) is 12.0. The molecule has 0 saturated heterocycles. The zero-order valence-electron chi connectivity index (χ0n) is 13.9. The highest BCUT2D eigenvalue weighted by Gasteiger charge is 2.23. The molecule has 0 fully saturated rings. The third-order valence-corrected chi connectivity index (χ3v) is 6.33. The summed E-state index contributed by atoms with van der Waals surface area (Å²) < 4.78 is 33.1. The lowest BCUT2D eigenvalue weighted by molar-refractivity contribution is -0.133. The van der Waals surface area contributed by atoms with Crippen LogP contribution in [0.15, 0.2) is 29.8 Å². The maximum Gasteiger partial charge on any atom is 0.341 e. The zero-order valence-corrected chi connectivity index (χ0v) is 15.6. The van der Waals surface area contributed by atoms with Gasteiger partial charge in [0.15, 0.2) is 0 Å². The Morgan fingerprint density at radius 1 is 1.21 bits per heavy atom. The molecule has 0 aliphatic rings. The average Bonchev–Trinajstić information content (AvgIpc) is 3.01. The van der Waals surface area contributed by atoms with Crippen molar-refractivity contribution in [2.75, 3.05) is 28.4 Å². The maximum atomic E-state index is 12.3. The highest BCUT2D eigenvalue weighted by atomic mass is 32.1. The van der Waals surface area contributed by atoms with E-state index in [-0.39, 0.29) is 6.16 Å². The number of methoxy groups -OCH3 is 2. The van der Waals surface area contributed by atoms with E-state index < -0.39 is 13.6 Å². The first-order valence-electron chi connectivity index (χ1n) is 7.00. The normalized spacial score (nSPS) is 12.4. The van der Waals surface area contributed by atoms with Crippen LogP contribution in [-0.2, 0) is 34.0 Å². The van der Waals surface area contributed by atoms with Crippen molar-refractivity contribution in [3.05, 3.63) is 41.0 Å². The molecular formula is C16H19O6PS. The molecule has 0 bridgehead atoms. The Balaban J connectivity index is 2.50. The van der Waals surface area contributed by atoms with E-state index in [2.05, 4.69) is 0 Å². The van der Waals surface area contributed by atoms with E-state index in [0.717, 1.165) is 15.6 Å². The van der Waals surface area contributed by atoms with E-state index in [1.807, 2.05) is 23.6 Å². The molecule has 2 rings (SSSR count). The Bertz CT molecular complexity index is 802. The highest BCUT2D eigenvalue weighted by Crippen LogP contribution is 2.50. The van der Waals surface area contributed by atoms with E-state index in [1.165, 1.54) is 46.0 Å². The van der Waals surface area contributed by atoms with Crippen molar-refractivity contribution < 1.29 is 27.9 Å². The molecule has 1 heterocycles. The summed E-state index contributed by atoms with van der Waals surface area (Å²) in [6.07, 6.45) is 1.50. The van der Waals surface area contributed by atoms with Crippen molar-refractivity contribution in [1.82, 2.24) is 0 Å². The van der Waals surface area contributed by atoms with Gasteiger partial charge in [-0.25, -0.2) is 4.79 Å². The van der Waals surface area contributed by atoms with Crippen LogP contribution in [0.4, 0.5) is 0 Å². The van der Waals surface area contributed by atoms with Gasteiger partial charge in [0.2, 0.25) is 0 Å². The van der Waals surface area contributed by atoms with Gasteiger partial charge in [-0.2, -0.15) is 0 Å². The second-order valence-corrected chi connectivity index (χ2v) is 8.05. The number of benzene rings is 1. The smallest absolute Gasteiger partial charge is 0.341 e. The summed E-state index contributed by atoms with van der Waals surface area (Å²) >= 11 is 1.50. The second-order valence-electron chi connectivity index (χ2n) is 4.87. The zero-order chi connectivity index (χ0) is 17.7. The van der Waals surface area contributed by atoms with Gasteiger partial charge in [-0.15, -0.1) is 11.3 Å². The molecule has 0 saturated carbocycles. The maximum absolute atomic E-state index is 12.3. The third-order valence-electron chi connectivity index (χ3n) is 3.50. The van der Waals surface area contributed by atoms with Crippen LogP contribution in [0.5, 0.6) is 0 Å². The number of carbonyl (C=O) groups excluding carboxylic acids is 1. The van der Waals surface area contributed by atoms with Crippen molar-refractivity contribution in [3.8, 4) is 0 Å². The number of esters is 1. The molecule has 1 aromatic heterocycles. The van der Waals surface area contributed by atoms with E-state index in [0.29, 0.717) is 11.1 Å². The van der Waals surface area contributed by atoms with E-state index in [4.69, 9.17) is 18.5 Å². The van der Waals surface area contributed by atoms with Gasteiger partial charge in [-0.1, -0.05) is 6.07 Å². The summed E-state index contributed by atoms with van der Waals surface area (Å²) in [6, 6.07) is 5.65. The molecule has 8 heteroatoms. The van der Waals surface area contributed by atoms with Crippen LogP contribution in [0.3, 0.4) is 0 Å². The highest BCUT2D eigenvalue weighted by molar-refractivity contribution is 7.52. The number of hydrogen-bond donors (Lipinski definition) is 0. The summed E-state index contributed by atoms with van der Waals surface area (Å²) in [7, 11) is 2.33. The summed E-state index contributed by atoms with van der Waals surface area (Å²) in [5.74, 6) is -0.485. The Kier molecular flexibility index (Phi) is 6.18. The molecule has 0 N–H and O–H groups in total. The quantitative estimate of drug-likeness (QED) is 0.317. The van der Waals surface area contributed by atoms with Gasteiger partial charge >= 0.3 is 13.6 Å². The van der Waals surface area contributed by atoms with Crippen molar-refractivity contribution in [1.29, 1.82) is 0 Å². The molecule has 6 nitrogen and oxygen atoms in total. The molecule has 130 valence electrons. The van der Waals surface area contributed by atoms with Crippen LogP contribution in [0.1, 0.15) is 11.1 Å². The van der Waals surface area contributed by atoms with Crippen LogP contribution in [0.2, 0.25) is 0 Å². The minimum absolute atomic E-state index is 0.146. The first kappa shape index (κ1) is 18.7. The fourth-order valence-electron chi connectivity index (χ4n) is 2.26. The number of fused-ring (bicyclic) bond motifs is 1. The van der Waals surface area contributed by atoms with Gasteiger partial charge < -0.3 is 18.5 Å². The monoisotopic (exact) mass is 370 g/mol. The molecule has 0 aliphatic carbocycles. The summed E-state index contributed by atoms with van der Waals surface area (Å²) in [6.45, 7) is 0. The molecule has 1 aromatic carbocycles. The average molecular weight is 370 g/mol. The molecule has 0 amide bonds. The summed E-state index contributed by atoms with van der Waals surface area (Å²) in [5.41, 5.74) is 1.82. The molecule has 24 heavy (non-hydrogen) atoms. The lowest BCUT2D eigenvalue weighted by Gasteiger charge is -2.13. The van der Waals surface area contributed by atoms with E-state index >= 15 is 0 Å². The largest absolute Gasteiger partial charge is 0.503 e. The first-order chi connectivity index (χ1) is 11.5. The topological polar surface area (TPSA) is 71.1 Å². The Labute approximate surface area is 144 Å². The number of hydrogen-bond acceptors (Lipinski definition) is 7. The van der Waals surface area contributed by atoms with Gasteiger partial charge in [0.25, 0.3) is 0 Å². The molecule has 0 atom stereocenters. The summed E-state index contributed by atoms with van der Waals surface area (Å²) in [5, 5.41) is 2.72. The predicted molar refractivity (Wildman–Crippen MR) is 94.2 cm³/mol. The van der Waals surface area contributed by atoms with Crippen molar-refractivity contribution in [3.63, 3.8) is 0 Å². The minimum Gasteiger partial charge on any atom is -0.503 e. The van der Waals surface area contributed by atoms with Crippen LogP contribution < -0.4 is 0 Å². The van der Waals surface area contributed by atoms with Crippen LogP contribution in [-0.4, -0.2) is 34.4 Å². The lowest BCUT2D eigenvalue weighted by atomic mass is 10.0. The third kappa shape index (κ3) is 3.87. The Hall–Kier alpha value is -1.66. The van der Waals surface area contributed by atoms with Gasteiger partial charge in [-0.3, -0.25) is 4.57 Å². The Morgan fingerprint density at radius 3 is 2.50 bits per heavy atom. The number of ether oxygens (including phenoxy) is 2. The van der Waals surface area contributed by atoms with Crippen molar-refractivity contribution in [2.45, 2.75) is 6.16 Å². The second kappa shape index (κ2) is 7.94. The van der Waals surface area contributed by atoms with Crippen LogP contribution in [0, 0.1) is 0 Å². The van der Waals surface area contributed by atoms with Gasteiger partial charge in [-0.05, 0) is 17.7 Å². The SMILES string of the molecule is COC=C(C(=O)OC)c1csc2ccc(CP(=O)(OC)OC)cc12. The minimum atomic E-state index is -3.17. The number of thiophene rings is 1.